The molecule has 1 aliphatic rings. The van der Waals surface area contributed by atoms with Gasteiger partial charge in [0.2, 0.25) is 0 Å². The van der Waals surface area contributed by atoms with Crippen LogP contribution in [0.1, 0.15) is 25.3 Å². The average molecular weight is 304 g/mol. The molecule has 0 unspecified atom stereocenters. The van der Waals surface area contributed by atoms with Gasteiger partial charge in [-0.2, -0.15) is 13.2 Å². The van der Waals surface area contributed by atoms with E-state index in [4.69, 9.17) is 0 Å². The minimum absolute atomic E-state index is 0.230. The molecule has 0 spiro atoms. The van der Waals surface area contributed by atoms with Crippen molar-refractivity contribution in [2.24, 2.45) is 0 Å². The Hall–Kier alpha value is -1.83. The Bertz CT molecular complexity index is 554. The van der Waals surface area contributed by atoms with Crippen LogP contribution in [-0.4, -0.2) is 28.7 Å². The zero-order chi connectivity index (χ0) is 15.8. The van der Waals surface area contributed by atoms with Crippen LogP contribution in [0.5, 0.6) is 0 Å². The summed E-state index contributed by atoms with van der Waals surface area (Å²) in [4.78, 5) is 11.2. The van der Waals surface area contributed by atoms with Crippen molar-refractivity contribution in [3.8, 4) is 0 Å². The molecular weight excluding hydrogens is 289 g/mol. The van der Waals surface area contributed by atoms with Gasteiger partial charge in [0.1, 0.15) is 5.56 Å². The van der Waals surface area contributed by atoms with Gasteiger partial charge in [-0.15, -0.1) is 0 Å². The van der Waals surface area contributed by atoms with Crippen LogP contribution in [0.3, 0.4) is 0 Å². The second-order valence-electron chi connectivity index (χ2n) is 5.29. The van der Waals surface area contributed by atoms with Crippen molar-refractivity contribution >= 4 is 11.4 Å². The number of alkyl halides is 3. The van der Waals surface area contributed by atoms with Gasteiger partial charge in [0, 0.05) is 24.8 Å². The summed E-state index contributed by atoms with van der Waals surface area (Å²) in [5, 5.41) is 20.7. The Labute approximate surface area is 119 Å². The molecule has 2 rings (SSSR count). The van der Waals surface area contributed by atoms with E-state index in [1.54, 1.807) is 4.90 Å². The molecule has 0 amide bonds. The molecule has 5 nitrogen and oxygen atoms in total. The van der Waals surface area contributed by atoms with Gasteiger partial charge in [0.25, 0.3) is 5.69 Å². The summed E-state index contributed by atoms with van der Waals surface area (Å²) in [6, 6.07) is 2.90. The molecule has 1 fully saturated rings. The monoisotopic (exact) mass is 304 g/mol. The van der Waals surface area contributed by atoms with Crippen LogP contribution in [0.15, 0.2) is 18.2 Å². The number of benzene rings is 1. The first-order valence-corrected chi connectivity index (χ1v) is 6.49. The second kappa shape index (κ2) is 5.18. The summed E-state index contributed by atoms with van der Waals surface area (Å²) in [6.45, 7) is 2.38. The van der Waals surface area contributed by atoms with E-state index in [2.05, 4.69) is 0 Å². The molecule has 21 heavy (non-hydrogen) atoms. The molecule has 0 aromatic heterocycles. The van der Waals surface area contributed by atoms with Crippen LogP contribution in [0, 0.1) is 10.1 Å². The van der Waals surface area contributed by atoms with Crippen molar-refractivity contribution in [3.05, 3.63) is 33.9 Å². The van der Waals surface area contributed by atoms with Crippen molar-refractivity contribution in [2.75, 3.05) is 18.0 Å². The van der Waals surface area contributed by atoms with Crippen molar-refractivity contribution in [1.29, 1.82) is 0 Å². The fraction of sp³-hybridized carbons (Fsp3) is 0.538. The van der Waals surface area contributed by atoms with Crippen molar-refractivity contribution in [3.63, 3.8) is 0 Å². The maximum Gasteiger partial charge on any atom is 0.423 e. The number of nitro benzene ring substituents is 1. The van der Waals surface area contributed by atoms with Gasteiger partial charge in [-0.05, 0) is 18.6 Å². The number of nitrogens with zero attached hydrogens (tertiary/aromatic N) is 2. The third-order valence-electron chi connectivity index (χ3n) is 3.53. The van der Waals surface area contributed by atoms with Crippen LogP contribution >= 0.6 is 0 Å². The third kappa shape index (κ3) is 3.10. The van der Waals surface area contributed by atoms with E-state index >= 15 is 0 Å². The van der Waals surface area contributed by atoms with Crippen LogP contribution in [0.2, 0.25) is 0 Å². The summed E-state index contributed by atoms with van der Waals surface area (Å²) in [5.74, 6) is 0. The quantitative estimate of drug-likeness (QED) is 0.686. The van der Waals surface area contributed by atoms with Gasteiger partial charge in [-0.3, -0.25) is 10.1 Å². The molecule has 0 aliphatic carbocycles. The molecule has 1 saturated heterocycles. The fourth-order valence-electron chi connectivity index (χ4n) is 2.58. The highest BCUT2D eigenvalue weighted by Crippen LogP contribution is 2.40. The van der Waals surface area contributed by atoms with E-state index in [9.17, 15) is 28.4 Å². The molecule has 1 aliphatic heterocycles. The van der Waals surface area contributed by atoms with Crippen LogP contribution < -0.4 is 4.90 Å². The maximum absolute atomic E-state index is 12.9. The number of rotatable bonds is 4. The minimum Gasteiger partial charge on any atom is -0.386 e. The Morgan fingerprint density at radius 2 is 2.05 bits per heavy atom. The number of halogens is 3. The Morgan fingerprint density at radius 1 is 1.43 bits per heavy atom. The zero-order valence-corrected chi connectivity index (χ0v) is 11.4. The van der Waals surface area contributed by atoms with E-state index in [0.717, 1.165) is 18.6 Å². The van der Waals surface area contributed by atoms with E-state index in [1.807, 2.05) is 6.92 Å². The van der Waals surface area contributed by atoms with Gasteiger partial charge in [0.15, 0.2) is 0 Å². The van der Waals surface area contributed by atoms with Gasteiger partial charge in [-0.25, -0.2) is 0 Å². The smallest absolute Gasteiger partial charge is 0.386 e. The Morgan fingerprint density at radius 3 is 2.52 bits per heavy atom. The number of anilines is 1. The Kier molecular flexibility index (Phi) is 3.83. The van der Waals surface area contributed by atoms with Crippen molar-refractivity contribution in [1.82, 2.24) is 0 Å². The van der Waals surface area contributed by atoms with Crippen LogP contribution in [-0.2, 0) is 6.18 Å². The third-order valence-corrected chi connectivity index (χ3v) is 3.53. The molecule has 116 valence electrons. The summed E-state index contributed by atoms with van der Waals surface area (Å²) in [5.41, 5.74) is -2.88. The summed E-state index contributed by atoms with van der Waals surface area (Å²) in [6.07, 6.45) is -3.44. The van der Waals surface area contributed by atoms with Gasteiger partial charge < -0.3 is 10.0 Å². The highest BCUT2D eigenvalue weighted by molar-refractivity contribution is 5.58. The molecule has 0 bridgehead atoms. The summed E-state index contributed by atoms with van der Waals surface area (Å²) in [7, 11) is 0. The number of β-amino-alcohol motifs (C(OH)–C–C–N with tert-alkyl or cyclic N) is 1. The number of hydrogen-bond donors (Lipinski definition) is 1. The van der Waals surface area contributed by atoms with E-state index in [1.165, 1.54) is 6.07 Å². The van der Waals surface area contributed by atoms with E-state index in [0.29, 0.717) is 6.42 Å². The number of nitro groups is 1. The number of aliphatic hydroxyl groups is 1. The predicted octanol–water partition coefficient (Wildman–Crippen LogP) is 2.96. The molecule has 0 radical (unpaired) electrons. The first-order chi connectivity index (χ1) is 9.66. The molecule has 1 heterocycles. The van der Waals surface area contributed by atoms with Crippen molar-refractivity contribution in [2.45, 2.75) is 31.5 Å². The summed E-state index contributed by atoms with van der Waals surface area (Å²) < 4.78 is 38.6. The molecular formula is C13H15F3N2O3. The Balaban J connectivity index is 2.26. The lowest BCUT2D eigenvalue weighted by atomic mass is 9.88. The fourth-order valence-corrected chi connectivity index (χ4v) is 2.58. The molecule has 8 heteroatoms. The van der Waals surface area contributed by atoms with Crippen molar-refractivity contribution < 1.29 is 23.2 Å². The first-order valence-electron chi connectivity index (χ1n) is 6.49. The summed E-state index contributed by atoms with van der Waals surface area (Å²) >= 11 is 0. The molecule has 1 N–H and O–H groups in total. The van der Waals surface area contributed by atoms with E-state index in [-0.39, 0.29) is 18.8 Å². The van der Waals surface area contributed by atoms with Gasteiger partial charge in [0.05, 0.1) is 10.5 Å². The molecule has 1 aromatic rings. The lowest BCUT2D eigenvalue weighted by Crippen LogP contribution is -2.61. The SMILES string of the molecule is CCCC1(O)CN(c2ccc([N+](=O)[O-])c(C(F)(F)F)c2)C1. The van der Waals surface area contributed by atoms with Crippen LogP contribution in [0.25, 0.3) is 0 Å². The van der Waals surface area contributed by atoms with Gasteiger partial charge >= 0.3 is 6.18 Å². The average Bonchev–Trinajstić information content (AvgIpc) is 2.34. The largest absolute Gasteiger partial charge is 0.423 e. The number of hydrogen-bond acceptors (Lipinski definition) is 4. The molecule has 1 aromatic carbocycles. The standard InChI is InChI=1S/C13H15F3N2O3/c1-2-5-12(19)7-17(8-12)9-3-4-11(18(20)21)10(6-9)13(14,15)16/h3-4,6,19H,2,5,7-8H2,1H3. The molecule has 0 atom stereocenters. The maximum atomic E-state index is 12.9. The lowest BCUT2D eigenvalue weighted by molar-refractivity contribution is -0.388. The first kappa shape index (κ1) is 15.6. The minimum atomic E-state index is -4.79. The van der Waals surface area contributed by atoms with Gasteiger partial charge in [-0.1, -0.05) is 13.3 Å². The highest BCUT2D eigenvalue weighted by Gasteiger charge is 2.43. The highest BCUT2D eigenvalue weighted by atomic mass is 19.4. The zero-order valence-electron chi connectivity index (χ0n) is 11.4. The topological polar surface area (TPSA) is 66.6 Å². The van der Waals surface area contributed by atoms with Crippen LogP contribution in [0.4, 0.5) is 24.5 Å². The molecule has 0 saturated carbocycles. The lowest BCUT2D eigenvalue weighted by Gasteiger charge is -2.48. The normalized spacial score (nSPS) is 17.5. The predicted molar refractivity (Wildman–Crippen MR) is 70.2 cm³/mol. The second-order valence-corrected chi connectivity index (χ2v) is 5.29. The van der Waals surface area contributed by atoms with E-state index < -0.39 is 28.0 Å².